The zero-order chi connectivity index (χ0) is 14.8. The molecule has 2 atom stereocenters. The summed E-state index contributed by atoms with van der Waals surface area (Å²) in [6, 6.07) is 14.5. The Bertz CT molecular complexity index is 656. The summed E-state index contributed by atoms with van der Waals surface area (Å²) in [4.78, 5) is 0. The summed E-state index contributed by atoms with van der Waals surface area (Å²) in [5, 5.41) is 0. The topological polar surface area (TPSA) is 18.5 Å². The lowest BCUT2D eigenvalue weighted by molar-refractivity contribution is 0.216. The van der Waals surface area contributed by atoms with Crippen molar-refractivity contribution in [2.75, 3.05) is 7.11 Å². The van der Waals surface area contributed by atoms with Gasteiger partial charge in [-0.3, -0.25) is 0 Å². The first kappa shape index (κ1) is 13.7. The molecule has 0 radical (unpaired) electrons. The molecule has 2 nitrogen and oxygen atoms in total. The van der Waals surface area contributed by atoms with Crippen LogP contribution in [0.4, 0.5) is 0 Å². The second-order valence-corrected chi connectivity index (χ2v) is 5.40. The van der Waals surface area contributed by atoms with Crippen LogP contribution in [0.2, 0.25) is 0 Å². The van der Waals surface area contributed by atoms with Crippen LogP contribution in [0.25, 0.3) is 6.08 Å². The minimum absolute atomic E-state index is 0.0757. The zero-order valence-electron chi connectivity index (χ0n) is 12.7. The molecule has 0 unspecified atom stereocenters. The molecule has 0 fully saturated rings. The third-order valence-electron chi connectivity index (χ3n) is 4.04. The predicted octanol–water partition coefficient (Wildman–Crippen LogP) is 4.97. The van der Waals surface area contributed by atoms with Crippen molar-refractivity contribution in [3.8, 4) is 11.5 Å². The Morgan fingerprint density at radius 2 is 1.86 bits per heavy atom. The van der Waals surface area contributed by atoms with Gasteiger partial charge in [-0.15, -0.1) is 0 Å². The molecule has 1 aliphatic rings. The quantitative estimate of drug-likeness (QED) is 0.790. The van der Waals surface area contributed by atoms with Crippen LogP contribution in [0, 0.1) is 0 Å². The van der Waals surface area contributed by atoms with E-state index in [4.69, 9.17) is 9.47 Å². The van der Waals surface area contributed by atoms with Gasteiger partial charge in [-0.05, 0) is 42.3 Å². The summed E-state index contributed by atoms with van der Waals surface area (Å²) in [6.07, 6.45) is 4.25. The summed E-state index contributed by atoms with van der Waals surface area (Å²) in [5.74, 6) is 2.22. The van der Waals surface area contributed by atoms with Gasteiger partial charge in [0, 0.05) is 11.5 Å². The fraction of sp³-hybridized carbons (Fsp3) is 0.263. The van der Waals surface area contributed by atoms with E-state index in [1.165, 1.54) is 16.7 Å². The van der Waals surface area contributed by atoms with Crippen molar-refractivity contribution in [1.29, 1.82) is 0 Å². The Labute approximate surface area is 126 Å². The molecule has 21 heavy (non-hydrogen) atoms. The smallest absolute Gasteiger partial charge is 0.130 e. The first-order valence-corrected chi connectivity index (χ1v) is 7.30. The Balaban J connectivity index is 1.90. The molecule has 2 aromatic carbocycles. The van der Waals surface area contributed by atoms with Gasteiger partial charge < -0.3 is 9.47 Å². The average Bonchev–Trinajstić information content (AvgIpc) is 2.85. The average molecular weight is 280 g/mol. The monoisotopic (exact) mass is 280 g/mol. The second kappa shape index (κ2) is 5.65. The van der Waals surface area contributed by atoms with Crippen molar-refractivity contribution < 1.29 is 9.47 Å². The van der Waals surface area contributed by atoms with Gasteiger partial charge in [0.2, 0.25) is 0 Å². The first-order chi connectivity index (χ1) is 10.2. The molecule has 0 saturated carbocycles. The molecule has 108 valence electrons. The summed E-state index contributed by atoms with van der Waals surface area (Å²) in [5.41, 5.74) is 3.69. The van der Waals surface area contributed by atoms with Crippen molar-refractivity contribution in [3.63, 3.8) is 0 Å². The first-order valence-electron chi connectivity index (χ1n) is 7.30. The molecule has 0 amide bonds. The van der Waals surface area contributed by atoms with E-state index in [9.17, 15) is 0 Å². The lowest BCUT2D eigenvalue weighted by Gasteiger charge is -2.16. The number of benzene rings is 2. The van der Waals surface area contributed by atoms with Crippen molar-refractivity contribution in [2.45, 2.75) is 25.9 Å². The fourth-order valence-corrected chi connectivity index (χ4v) is 2.88. The van der Waals surface area contributed by atoms with Crippen LogP contribution in [0.1, 0.15) is 42.6 Å². The highest BCUT2D eigenvalue weighted by molar-refractivity contribution is 5.55. The molecular weight excluding hydrogens is 260 g/mol. The fourth-order valence-electron chi connectivity index (χ4n) is 2.88. The minimum atomic E-state index is 0.0757. The molecule has 0 spiro atoms. The normalized spacial score (nSPS) is 20.3. The predicted molar refractivity (Wildman–Crippen MR) is 85.9 cm³/mol. The van der Waals surface area contributed by atoms with Crippen LogP contribution in [0.15, 0.2) is 48.5 Å². The van der Waals surface area contributed by atoms with Crippen LogP contribution in [-0.2, 0) is 0 Å². The summed E-state index contributed by atoms with van der Waals surface area (Å²) in [7, 11) is 1.68. The zero-order valence-corrected chi connectivity index (χ0v) is 12.7. The van der Waals surface area contributed by atoms with E-state index in [-0.39, 0.29) is 6.10 Å². The molecular formula is C19H20O2. The van der Waals surface area contributed by atoms with Crippen molar-refractivity contribution in [1.82, 2.24) is 0 Å². The SMILES string of the molecule is CC=Cc1ccc2c(c1)[C@@H](C)[C@H](c1ccc(OC)cc1)O2. The molecule has 0 aliphatic carbocycles. The summed E-state index contributed by atoms with van der Waals surface area (Å²) >= 11 is 0. The largest absolute Gasteiger partial charge is 0.497 e. The number of hydrogen-bond donors (Lipinski definition) is 0. The van der Waals surface area contributed by atoms with Crippen LogP contribution in [0.3, 0.4) is 0 Å². The van der Waals surface area contributed by atoms with E-state index >= 15 is 0 Å². The van der Waals surface area contributed by atoms with E-state index in [0.717, 1.165) is 11.5 Å². The molecule has 2 heteroatoms. The number of hydrogen-bond acceptors (Lipinski definition) is 2. The summed E-state index contributed by atoms with van der Waals surface area (Å²) in [6.45, 7) is 4.26. The molecule has 0 aromatic heterocycles. The van der Waals surface area contributed by atoms with Gasteiger partial charge in [-0.1, -0.05) is 37.3 Å². The van der Waals surface area contributed by atoms with Crippen molar-refractivity contribution in [3.05, 3.63) is 65.2 Å². The Morgan fingerprint density at radius 3 is 2.52 bits per heavy atom. The van der Waals surface area contributed by atoms with E-state index < -0.39 is 0 Å². The van der Waals surface area contributed by atoms with Gasteiger partial charge in [-0.25, -0.2) is 0 Å². The Kier molecular flexibility index (Phi) is 3.70. The van der Waals surface area contributed by atoms with E-state index in [1.807, 2.05) is 19.1 Å². The van der Waals surface area contributed by atoms with E-state index in [2.05, 4.69) is 49.4 Å². The van der Waals surface area contributed by atoms with Gasteiger partial charge in [0.25, 0.3) is 0 Å². The summed E-state index contributed by atoms with van der Waals surface area (Å²) < 4.78 is 11.4. The van der Waals surface area contributed by atoms with Gasteiger partial charge in [0.05, 0.1) is 7.11 Å². The number of methoxy groups -OCH3 is 1. The maximum atomic E-state index is 6.15. The molecule has 1 aliphatic heterocycles. The highest BCUT2D eigenvalue weighted by atomic mass is 16.5. The van der Waals surface area contributed by atoms with E-state index in [1.54, 1.807) is 7.11 Å². The van der Waals surface area contributed by atoms with Gasteiger partial charge in [0.1, 0.15) is 17.6 Å². The van der Waals surface area contributed by atoms with Gasteiger partial charge >= 0.3 is 0 Å². The molecule has 0 bridgehead atoms. The molecule has 0 N–H and O–H groups in total. The maximum absolute atomic E-state index is 6.15. The van der Waals surface area contributed by atoms with Crippen LogP contribution >= 0.6 is 0 Å². The van der Waals surface area contributed by atoms with Crippen LogP contribution in [-0.4, -0.2) is 7.11 Å². The van der Waals surface area contributed by atoms with Gasteiger partial charge in [0.15, 0.2) is 0 Å². The molecule has 2 aromatic rings. The Hall–Kier alpha value is -2.22. The van der Waals surface area contributed by atoms with Gasteiger partial charge in [-0.2, -0.15) is 0 Å². The Morgan fingerprint density at radius 1 is 1.10 bits per heavy atom. The standard InChI is InChI=1S/C19H20O2/c1-4-5-14-6-11-18-17(12-14)13(2)19(21-18)15-7-9-16(20-3)10-8-15/h4-13,19H,1-3H3/t13-,19-/m1/s1. The lowest BCUT2D eigenvalue weighted by atomic mass is 9.92. The van der Waals surface area contributed by atoms with Crippen molar-refractivity contribution in [2.24, 2.45) is 0 Å². The van der Waals surface area contributed by atoms with Crippen LogP contribution < -0.4 is 9.47 Å². The number of allylic oxidation sites excluding steroid dienone is 1. The highest BCUT2D eigenvalue weighted by Gasteiger charge is 2.32. The van der Waals surface area contributed by atoms with Crippen molar-refractivity contribution >= 4 is 6.08 Å². The minimum Gasteiger partial charge on any atom is -0.497 e. The van der Waals surface area contributed by atoms with Crippen LogP contribution in [0.5, 0.6) is 11.5 Å². The number of fused-ring (bicyclic) bond motifs is 1. The third kappa shape index (κ3) is 2.54. The number of rotatable bonds is 3. The molecule has 1 heterocycles. The van der Waals surface area contributed by atoms with E-state index in [0.29, 0.717) is 5.92 Å². The number of ether oxygens (including phenoxy) is 2. The second-order valence-electron chi connectivity index (χ2n) is 5.40. The lowest BCUT2D eigenvalue weighted by Crippen LogP contribution is -2.07. The third-order valence-corrected chi connectivity index (χ3v) is 4.04. The maximum Gasteiger partial charge on any atom is 0.130 e. The molecule has 3 rings (SSSR count). The molecule has 0 saturated heterocycles. The highest BCUT2D eigenvalue weighted by Crippen LogP contribution is 2.46.